The van der Waals surface area contributed by atoms with Gasteiger partial charge in [-0.15, -0.1) is 0 Å². The van der Waals surface area contributed by atoms with Gasteiger partial charge in [0.25, 0.3) is 0 Å². The lowest BCUT2D eigenvalue weighted by atomic mass is 9.96. The van der Waals surface area contributed by atoms with Gasteiger partial charge in [0.2, 0.25) is 0 Å². The first-order chi connectivity index (χ1) is 10.8. The summed E-state index contributed by atoms with van der Waals surface area (Å²) in [4.78, 5) is 4.20. The molecular weight excluding hydrogens is 378 g/mol. The van der Waals surface area contributed by atoms with Crippen molar-refractivity contribution >= 4 is 31.7 Å². The van der Waals surface area contributed by atoms with Gasteiger partial charge in [0, 0.05) is 36.3 Å². The predicted octanol–water partition coefficient (Wildman–Crippen LogP) is 2.08. The van der Waals surface area contributed by atoms with E-state index in [0.29, 0.717) is 13.0 Å². The quantitative estimate of drug-likeness (QED) is 0.416. The summed E-state index contributed by atoms with van der Waals surface area (Å²) in [5.41, 5.74) is 1.53. The van der Waals surface area contributed by atoms with Crippen molar-refractivity contribution in [3.8, 4) is 0 Å². The molecule has 0 amide bonds. The topological polar surface area (TPSA) is 70.6 Å². The lowest BCUT2D eigenvalue weighted by Gasteiger charge is -2.19. The summed E-state index contributed by atoms with van der Waals surface area (Å²) >= 11 is 3.53. The molecule has 0 bridgehead atoms. The number of nitrogens with zero attached hydrogens (tertiary/aromatic N) is 1. The van der Waals surface area contributed by atoms with Gasteiger partial charge in [0.05, 0.1) is 5.75 Å². The number of nitrogens with one attached hydrogen (secondary N) is 2. The fourth-order valence-corrected chi connectivity index (χ4v) is 3.62. The van der Waals surface area contributed by atoms with Gasteiger partial charge in [0.15, 0.2) is 5.96 Å². The average molecular weight is 402 g/mol. The molecule has 0 unspecified atom stereocenters. The van der Waals surface area contributed by atoms with E-state index in [2.05, 4.69) is 49.8 Å². The van der Waals surface area contributed by atoms with E-state index in [-0.39, 0.29) is 11.2 Å². The third-order valence-electron chi connectivity index (χ3n) is 4.09. The molecule has 1 aromatic rings. The Balaban J connectivity index is 1.82. The van der Waals surface area contributed by atoms with Crippen LogP contribution in [-0.2, 0) is 15.3 Å². The molecule has 0 spiro atoms. The van der Waals surface area contributed by atoms with Crippen molar-refractivity contribution in [2.75, 3.05) is 32.1 Å². The predicted molar refractivity (Wildman–Crippen MR) is 98.7 cm³/mol. The molecule has 1 aliphatic rings. The molecule has 1 fully saturated rings. The highest BCUT2D eigenvalue weighted by Crippen LogP contribution is 2.48. The third kappa shape index (κ3) is 5.80. The summed E-state index contributed by atoms with van der Waals surface area (Å²) in [6.45, 7) is 1.42. The van der Waals surface area contributed by atoms with E-state index < -0.39 is 9.84 Å². The molecule has 0 radical (unpaired) electrons. The average Bonchev–Trinajstić information content (AvgIpc) is 3.27. The zero-order chi connectivity index (χ0) is 16.9. The van der Waals surface area contributed by atoms with E-state index >= 15 is 0 Å². The van der Waals surface area contributed by atoms with Crippen LogP contribution in [0, 0.1) is 0 Å². The largest absolute Gasteiger partial charge is 0.356 e. The lowest BCUT2D eigenvalue weighted by Crippen LogP contribution is -2.41. The molecule has 1 saturated carbocycles. The monoisotopic (exact) mass is 401 g/mol. The fourth-order valence-electron chi connectivity index (χ4n) is 2.55. The molecule has 5 nitrogen and oxygen atoms in total. The van der Waals surface area contributed by atoms with Crippen LogP contribution in [0.3, 0.4) is 0 Å². The van der Waals surface area contributed by atoms with Gasteiger partial charge in [-0.1, -0.05) is 28.1 Å². The molecule has 23 heavy (non-hydrogen) atoms. The highest BCUT2D eigenvalue weighted by molar-refractivity contribution is 9.10. The second-order valence-corrected chi connectivity index (χ2v) is 9.30. The molecule has 0 aliphatic heterocycles. The Morgan fingerprint density at radius 3 is 2.65 bits per heavy atom. The van der Waals surface area contributed by atoms with Crippen molar-refractivity contribution in [1.29, 1.82) is 0 Å². The van der Waals surface area contributed by atoms with Gasteiger partial charge >= 0.3 is 0 Å². The Morgan fingerprint density at radius 1 is 1.35 bits per heavy atom. The van der Waals surface area contributed by atoms with Crippen molar-refractivity contribution in [3.63, 3.8) is 0 Å². The van der Waals surface area contributed by atoms with E-state index in [4.69, 9.17) is 0 Å². The van der Waals surface area contributed by atoms with Gasteiger partial charge in [-0.25, -0.2) is 8.42 Å². The van der Waals surface area contributed by atoms with Crippen LogP contribution in [-0.4, -0.2) is 46.5 Å². The van der Waals surface area contributed by atoms with Crippen LogP contribution in [0.5, 0.6) is 0 Å². The Hall–Kier alpha value is -1.08. The molecule has 0 saturated heterocycles. The summed E-state index contributed by atoms with van der Waals surface area (Å²) in [7, 11) is -1.17. The molecule has 1 aromatic carbocycles. The van der Waals surface area contributed by atoms with Crippen LogP contribution in [0.15, 0.2) is 33.7 Å². The van der Waals surface area contributed by atoms with Crippen LogP contribution in [0.4, 0.5) is 0 Å². The highest BCUT2D eigenvalue weighted by atomic mass is 79.9. The Bertz CT molecular complexity index is 670. The molecule has 2 rings (SSSR count). The van der Waals surface area contributed by atoms with E-state index in [1.807, 2.05) is 6.07 Å². The molecular formula is C16H24BrN3O2S. The number of rotatable bonds is 7. The molecule has 128 valence electrons. The maximum Gasteiger partial charge on any atom is 0.191 e. The van der Waals surface area contributed by atoms with Crippen molar-refractivity contribution in [2.24, 2.45) is 4.99 Å². The summed E-state index contributed by atoms with van der Waals surface area (Å²) in [5, 5.41) is 6.53. The number of hydrogen-bond acceptors (Lipinski definition) is 3. The SMILES string of the molecule is CN=C(NCCCS(C)(=O)=O)NCC1(c2cccc(Br)c2)CC1. The molecule has 0 atom stereocenters. The minimum Gasteiger partial charge on any atom is -0.356 e. The van der Waals surface area contributed by atoms with Gasteiger partial charge in [-0.3, -0.25) is 4.99 Å². The zero-order valence-electron chi connectivity index (χ0n) is 13.6. The summed E-state index contributed by atoms with van der Waals surface area (Å²) < 4.78 is 23.3. The van der Waals surface area contributed by atoms with Crippen LogP contribution >= 0.6 is 15.9 Å². The van der Waals surface area contributed by atoms with Crippen molar-refractivity contribution in [2.45, 2.75) is 24.7 Å². The standard InChI is InChI=1S/C16H24BrN3O2S/c1-18-15(19-9-4-10-23(2,21)22)20-12-16(7-8-16)13-5-3-6-14(17)11-13/h3,5-6,11H,4,7-10,12H2,1-2H3,(H2,18,19,20). The minimum atomic E-state index is -2.90. The van der Waals surface area contributed by atoms with Crippen LogP contribution in [0.2, 0.25) is 0 Å². The van der Waals surface area contributed by atoms with E-state index in [1.165, 1.54) is 24.7 Å². The van der Waals surface area contributed by atoms with Crippen molar-refractivity contribution < 1.29 is 8.42 Å². The van der Waals surface area contributed by atoms with E-state index in [0.717, 1.165) is 17.0 Å². The van der Waals surface area contributed by atoms with Gasteiger partial charge in [-0.2, -0.15) is 0 Å². The molecule has 7 heteroatoms. The van der Waals surface area contributed by atoms with Crippen LogP contribution in [0.1, 0.15) is 24.8 Å². The summed E-state index contributed by atoms with van der Waals surface area (Å²) in [6, 6.07) is 8.45. The molecule has 1 aliphatic carbocycles. The number of guanidine groups is 1. The first kappa shape index (κ1) is 18.3. The van der Waals surface area contributed by atoms with E-state index in [1.54, 1.807) is 7.05 Å². The molecule has 0 aromatic heterocycles. The first-order valence-electron chi connectivity index (χ1n) is 7.73. The fraction of sp³-hybridized carbons (Fsp3) is 0.562. The molecule has 0 heterocycles. The Labute approximate surface area is 147 Å². The van der Waals surface area contributed by atoms with Crippen molar-refractivity contribution in [1.82, 2.24) is 10.6 Å². The highest BCUT2D eigenvalue weighted by Gasteiger charge is 2.44. The summed E-state index contributed by atoms with van der Waals surface area (Å²) in [6.07, 6.45) is 4.17. The normalized spacial score (nSPS) is 16.9. The number of halogens is 1. The van der Waals surface area contributed by atoms with Gasteiger partial charge < -0.3 is 10.6 Å². The Kier molecular flexibility index (Phi) is 6.08. The second kappa shape index (κ2) is 7.66. The van der Waals surface area contributed by atoms with Crippen LogP contribution in [0.25, 0.3) is 0 Å². The third-order valence-corrected chi connectivity index (χ3v) is 5.62. The van der Waals surface area contributed by atoms with E-state index in [9.17, 15) is 8.42 Å². The minimum absolute atomic E-state index is 0.189. The van der Waals surface area contributed by atoms with Gasteiger partial charge in [0.1, 0.15) is 9.84 Å². The molecule has 2 N–H and O–H groups in total. The zero-order valence-corrected chi connectivity index (χ0v) is 16.0. The van der Waals surface area contributed by atoms with Gasteiger partial charge in [-0.05, 0) is 37.0 Å². The van der Waals surface area contributed by atoms with Crippen LogP contribution < -0.4 is 10.6 Å². The lowest BCUT2D eigenvalue weighted by molar-refractivity contribution is 0.597. The maximum atomic E-state index is 11.1. The first-order valence-corrected chi connectivity index (χ1v) is 10.6. The summed E-state index contributed by atoms with van der Waals surface area (Å²) in [5.74, 6) is 0.915. The smallest absolute Gasteiger partial charge is 0.191 e. The maximum absolute atomic E-state index is 11.1. The number of aliphatic imine (C=N–C) groups is 1. The Morgan fingerprint density at radius 2 is 2.09 bits per heavy atom. The number of sulfone groups is 1. The number of benzene rings is 1. The second-order valence-electron chi connectivity index (χ2n) is 6.13. The van der Waals surface area contributed by atoms with Crippen molar-refractivity contribution in [3.05, 3.63) is 34.3 Å². The number of hydrogen-bond donors (Lipinski definition) is 2.